The lowest BCUT2D eigenvalue weighted by molar-refractivity contribution is 0.0982. The first kappa shape index (κ1) is 22.1. The highest BCUT2D eigenvalue weighted by Crippen LogP contribution is 2.42. The molecule has 2 aliphatic rings. The van der Waals surface area contributed by atoms with Gasteiger partial charge in [-0.3, -0.25) is 20.4 Å². The average Bonchev–Trinajstić information content (AvgIpc) is 2.78. The maximum absolute atomic E-state index is 13.5. The van der Waals surface area contributed by atoms with Gasteiger partial charge in [0.05, 0.1) is 19.9 Å². The number of benzene rings is 2. The maximum atomic E-state index is 13.5. The van der Waals surface area contributed by atoms with Gasteiger partial charge in [-0.25, -0.2) is 0 Å². The molecule has 0 fully saturated rings. The van der Waals surface area contributed by atoms with Gasteiger partial charge in [-0.2, -0.15) is 0 Å². The molecular formula is C24H27N3O4S. The fraction of sp³-hybridized carbons (Fsp3) is 0.333. The van der Waals surface area contributed by atoms with Crippen molar-refractivity contribution in [1.29, 1.82) is 0 Å². The molecule has 2 aliphatic heterocycles. The molecule has 0 aliphatic carbocycles. The zero-order valence-corrected chi connectivity index (χ0v) is 19.7. The first-order valence-electron chi connectivity index (χ1n) is 10.4. The standard InChI is InChI=1S/C24H27N3O4S/c1-14-21(25-26-23(29)32-14)15-6-8-18-17(12-15)24(2,3)10-11-27(18)22(28)16-7-9-19(30-4)20(13-16)31-5/h6-9,12-13,25H,10-11H2,1-5H3,(H,26,29). The Labute approximate surface area is 192 Å². The van der Waals surface area contributed by atoms with Gasteiger partial charge in [0.15, 0.2) is 11.5 Å². The number of ether oxygens (including phenoxy) is 2. The van der Waals surface area contributed by atoms with E-state index in [2.05, 4.69) is 30.8 Å². The van der Waals surface area contributed by atoms with Crippen LogP contribution in [0.1, 0.15) is 48.7 Å². The number of fused-ring (bicyclic) bond motifs is 1. The lowest BCUT2D eigenvalue weighted by atomic mass is 9.76. The molecule has 0 saturated carbocycles. The molecule has 7 nitrogen and oxygen atoms in total. The van der Waals surface area contributed by atoms with E-state index in [0.29, 0.717) is 23.6 Å². The number of hydrogen-bond donors (Lipinski definition) is 2. The van der Waals surface area contributed by atoms with E-state index in [1.165, 1.54) is 11.8 Å². The number of nitrogens with zero attached hydrogens (tertiary/aromatic N) is 1. The van der Waals surface area contributed by atoms with Gasteiger partial charge in [-0.1, -0.05) is 19.9 Å². The maximum Gasteiger partial charge on any atom is 0.301 e. The third kappa shape index (κ3) is 3.90. The molecule has 0 spiro atoms. The summed E-state index contributed by atoms with van der Waals surface area (Å²) >= 11 is 1.17. The molecule has 2 aromatic rings. The van der Waals surface area contributed by atoms with E-state index in [1.807, 2.05) is 24.0 Å². The third-order valence-corrected chi connectivity index (χ3v) is 6.83. The van der Waals surface area contributed by atoms with Crippen LogP contribution < -0.4 is 25.2 Å². The van der Waals surface area contributed by atoms with Gasteiger partial charge < -0.3 is 14.4 Å². The number of methoxy groups -OCH3 is 2. The van der Waals surface area contributed by atoms with Crippen LogP contribution in [0, 0.1) is 0 Å². The van der Waals surface area contributed by atoms with Crippen molar-refractivity contribution in [3.8, 4) is 11.5 Å². The highest BCUT2D eigenvalue weighted by Gasteiger charge is 2.35. The number of hydrogen-bond acceptors (Lipinski definition) is 6. The fourth-order valence-electron chi connectivity index (χ4n) is 4.14. The van der Waals surface area contributed by atoms with E-state index in [9.17, 15) is 9.59 Å². The summed E-state index contributed by atoms with van der Waals surface area (Å²) < 4.78 is 10.7. The van der Waals surface area contributed by atoms with E-state index in [1.54, 1.807) is 32.4 Å². The molecule has 0 unspecified atom stereocenters. The Balaban J connectivity index is 1.73. The number of allylic oxidation sites excluding steroid dienone is 1. The Bertz CT molecular complexity index is 1130. The molecule has 0 atom stereocenters. The summed E-state index contributed by atoms with van der Waals surface area (Å²) in [4.78, 5) is 27.8. The molecule has 168 valence electrons. The van der Waals surface area contributed by atoms with Crippen LogP contribution in [0.3, 0.4) is 0 Å². The zero-order valence-electron chi connectivity index (χ0n) is 18.9. The smallest absolute Gasteiger partial charge is 0.301 e. The van der Waals surface area contributed by atoms with Crippen molar-refractivity contribution in [1.82, 2.24) is 10.9 Å². The number of amides is 2. The van der Waals surface area contributed by atoms with Crippen LogP contribution in [0.25, 0.3) is 5.70 Å². The number of anilines is 1. The van der Waals surface area contributed by atoms with Crippen molar-refractivity contribution >= 4 is 34.3 Å². The number of rotatable bonds is 4. The molecule has 32 heavy (non-hydrogen) atoms. The van der Waals surface area contributed by atoms with Gasteiger partial charge in [0.25, 0.3) is 5.91 Å². The molecule has 0 saturated heterocycles. The first-order valence-corrected chi connectivity index (χ1v) is 11.2. The number of carbonyl (C=O) groups excluding carboxylic acids is 2. The van der Waals surface area contributed by atoms with Gasteiger partial charge in [0.2, 0.25) is 0 Å². The zero-order chi connectivity index (χ0) is 23.0. The Kier molecular flexibility index (Phi) is 5.81. The number of thioether (sulfide) groups is 1. The summed E-state index contributed by atoms with van der Waals surface area (Å²) in [5, 5.41) is -0.128. The molecule has 2 N–H and O–H groups in total. The summed E-state index contributed by atoms with van der Waals surface area (Å²) in [5.41, 5.74) is 9.95. The van der Waals surface area contributed by atoms with Crippen molar-refractivity contribution in [3.05, 3.63) is 58.0 Å². The molecule has 4 rings (SSSR count). The van der Waals surface area contributed by atoms with E-state index in [4.69, 9.17) is 9.47 Å². The normalized spacial score (nSPS) is 17.3. The Morgan fingerprint density at radius 1 is 1.06 bits per heavy atom. The van der Waals surface area contributed by atoms with E-state index < -0.39 is 0 Å². The summed E-state index contributed by atoms with van der Waals surface area (Å²) in [7, 11) is 3.13. The molecule has 2 amide bonds. The average molecular weight is 454 g/mol. The van der Waals surface area contributed by atoms with Crippen molar-refractivity contribution < 1.29 is 19.1 Å². The van der Waals surface area contributed by atoms with E-state index >= 15 is 0 Å². The van der Waals surface area contributed by atoms with Crippen molar-refractivity contribution in [2.75, 3.05) is 25.7 Å². The van der Waals surface area contributed by atoms with Crippen molar-refractivity contribution in [3.63, 3.8) is 0 Å². The van der Waals surface area contributed by atoms with Crippen LogP contribution in [0.5, 0.6) is 11.5 Å². The van der Waals surface area contributed by atoms with Crippen LogP contribution >= 0.6 is 11.8 Å². The number of nitrogens with one attached hydrogen (secondary N) is 2. The van der Waals surface area contributed by atoms with Crippen LogP contribution in [0.4, 0.5) is 10.5 Å². The van der Waals surface area contributed by atoms with Gasteiger partial charge >= 0.3 is 5.24 Å². The molecule has 0 bridgehead atoms. The highest BCUT2D eigenvalue weighted by atomic mass is 32.2. The van der Waals surface area contributed by atoms with Crippen LogP contribution in [-0.2, 0) is 5.41 Å². The second kappa shape index (κ2) is 8.43. The lowest BCUT2D eigenvalue weighted by Gasteiger charge is -2.39. The largest absolute Gasteiger partial charge is 0.493 e. The topological polar surface area (TPSA) is 79.9 Å². The molecular weight excluding hydrogens is 426 g/mol. The highest BCUT2D eigenvalue weighted by molar-refractivity contribution is 8.17. The number of hydrazine groups is 1. The van der Waals surface area contributed by atoms with Crippen LogP contribution in [0.2, 0.25) is 0 Å². The van der Waals surface area contributed by atoms with Crippen molar-refractivity contribution in [2.24, 2.45) is 0 Å². The minimum Gasteiger partial charge on any atom is -0.493 e. The monoisotopic (exact) mass is 453 g/mol. The van der Waals surface area contributed by atoms with Crippen molar-refractivity contribution in [2.45, 2.75) is 32.6 Å². The minimum atomic E-state index is -0.128. The Morgan fingerprint density at radius 2 is 1.81 bits per heavy atom. The Hall–Kier alpha value is -3.13. The van der Waals surface area contributed by atoms with E-state index in [-0.39, 0.29) is 16.6 Å². The van der Waals surface area contributed by atoms with Crippen LogP contribution in [-0.4, -0.2) is 31.9 Å². The van der Waals surface area contributed by atoms with Gasteiger partial charge in [-0.15, -0.1) is 0 Å². The second-order valence-electron chi connectivity index (χ2n) is 8.46. The predicted octanol–water partition coefficient (Wildman–Crippen LogP) is 4.68. The minimum absolute atomic E-state index is 0.0792. The van der Waals surface area contributed by atoms with E-state index in [0.717, 1.165) is 33.8 Å². The second-order valence-corrected chi connectivity index (χ2v) is 9.65. The van der Waals surface area contributed by atoms with Gasteiger partial charge in [0.1, 0.15) is 0 Å². The quantitative estimate of drug-likeness (QED) is 0.700. The number of carbonyl (C=O) groups is 2. The molecule has 2 aromatic carbocycles. The predicted molar refractivity (Wildman–Crippen MR) is 127 cm³/mol. The Morgan fingerprint density at radius 3 is 2.50 bits per heavy atom. The first-order chi connectivity index (χ1) is 15.2. The SMILES string of the molecule is COc1ccc(C(=O)N2CCC(C)(C)c3cc(C4=C(C)SC(=O)NN4)ccc32)cc1OC. The fourth-order valence-corrected chi connectivity index (χ4v) is 4.80. The van der Waals surface area contributed by atoms with Crippen LogP contribution in [0.15, 0.2) is 41.3 Å². The molecule has 8 heteroatoms. The summed E-state index contributed by atoms with van der Waals surface area (Å²) in [6, 6.07) is 11.3. The summed E-state index contributed by atoms with van der Waals surface area (Å²) in [5.74, 6) is 1.03. The lowest BCUT2D eigenvalue weighted by Crippen LogP contribution is -2.41. The summed E-state index contributed by atoms with van der Waals surface area (Å²) in [6.45, 7) is 6.93. The molecule has 0 radical (unpaired) electrons. The molecule has 2 heterocycles. The van der Waals surface area contributed by atoms with Gasteiger partial charge in [0, 0.05) is 28.3 Å². The van der Waals surface area contributed by atoms with Gasteiger partial charge in [-0.05, 0) is 66.4 Å². The molecule has 0 aromatic heterocycles. The summed E-state index contributed by atoms with van der Waals surface area (Å²) in [6.07, 6.45) is 0.833. The third-order valence-electron chi connectivity index (χ3n) is 6.03.